The smallest absolute Gasteiger partial charge is 0.253 e. The summed E-state index contributed by atoms with van der Waals surface area (Å²) in [5.41, 5.74) is 2.99. The van der Waals surface area contributed by atoms with E-state index in [0.717, 1.165) is 55.6 Å². The van der Waals surface area contributed by atoms with Crippen LogP contribution in [0.2, 0.25) is 0 Å². The minimum atomic E-state index is -0.0262. The van der Waals surface area contributed by atoms with Crippen molar-refractivity contribution in [2.75, 3.05) is 19.7 Å². The molecular formula is C14H19N3O2. The number of carbonyl (C=O) groups is 1. The first-order valence-corrected chi connectivity index (χ1v) is 6.91. The standard InChI is InChI=1S/C14H19N3O2/c18-14(17-8-11-2-1-5-19-11)13-9-16-7-10-6-15-4-3-12(10)13/h7,9,11,15H,1-6,8H2,(H,17,18). The van der Waals surface area contributed by atoms with E-state index in [0.29, 0.717) is 6.54 Å². The van der Waals surface area contributed by atoms with E-state index in [1.54, 1.807) is 6.20 Å². The van der Waals surface area contributed by atoms with Gasteiger partial charge in [-0.15, -0.1) is 0 Å². The molecule has 1 fully saturated rings. The molecule has 102 valence electrons. The Labute approximate surface area is 112 Å². The van der Waals surface area contributed by atoms with E-state index in [9.17, 15) is 4.79 Å². The van der Waals surface area contributed by atoms with Gasteiger partial charge in [0.25, 0.3) is 5.91 Å². The van der Waals surface area contributed by atoms with Crippen LogP contribution in [0.3, 0.4) is 0 Å². The zero-order valence-corrected chi connectivity index (χ0v) is 10.9. The van der Waals surface area contributed by atoms with E-state index in [1.807, 2.05) is 6.20 Å². The summed E-state index contributed by atoms with van der Waals surface area (Å²) in [6, 6.07) is 0. The van der Waals surface area contributed by atoms with Gasteiger partial charge in [-0.2, -0.15) is 0 Å². The molecule has 5 heteroatoms. The molecule has 1 aromatic heterocycles. The van der Waals surface area contributed by atoms with Crippen LogP contribution in [0, 0.1) is 0 Å². The van der Waals surface area contributed by atoms with Crippen LogP contribution in [0.15, 0.2) is 12.4 Å². The zero-order valence-electron chi connectivity index (χ0n) is 10.9. The molecule has 1 saturated heterocycles. The van der Waals surface area contributed by atoms with E-state index in [-0.39, 0.29) is 12.0 Å². The first kappa shape index (κ1) is 12.6. The summed E-state index contributed by atoms with van der Waals surface area (Å²) in [5, 5.41) is 6.26. The minimum Gasteiger partial charge on any atom is -0.376 e. The van der Waals surface area contributed by atoms with E-state index in [1.165, 1.54) is 0 Å². The lowest BCUT2D eigenvalue weighted by atomic mass is 9.98. The molecule has 0 radical (unpaired) electrons. The summed E-state index contributed by atoms with van der Waals surface area (Å²) in [6.45, 7) is 3.13. The molecule has 1 aromatic rings. The van der Waals surface area contributed by atoms with Crippen molar-refractivity contribution in [1.29, 1.82) is 0 Å². The summed E-state index contributed by atoms with van der Waals surface area (Å²) < 4.78 is 5.51. The maximum atomic E-state index is 12.2. The van der Waals surface area contributed by atoms with Gasteiger partial charge in [0.15, 0.2) is 0 Å². The maximum Gasteiger partial charge on any atom is 0.253 e. The lowest BCUT2D eigenvalue weighted by molar-refractivity contribution is 0.0856. The average molecular weight is 261 g/mol. The number of hydrogen-bond acceptors (Lipinski definition) is 4. The number of aromatic nitrogens is 1. The second-order valence-electron chi connectivity index (χ2n) is 5.10. The highest BCUT2D eigenvalue weighted by Crippen LogP contribution is 2.17. The number of nitrogens with zero attached hydrogens (tertiary/aromatic N) is 1. The molecule has 0 aliphatic carbocycles. The second kappa shape index (κ2) is 5.67. The van der Waals surface area contributed by atoms with Crippen LogP contribution in [0.5, 0.6) is 0 Å². The molecule has 2 N–H and O–H groups in total. The van der Waals surface area contributed by atoms with Gasteiger partial charge in [0.05, 0.1) is 11.7 Å². The lowest BCUT2D eigenvalue weighted by Crippen LogP contribution is -2.34. The van der Waals surface area contributed by atoms with Gasteiger partial charge in [-0.25, -0.2) is 0 Å². The fourth-order valence-corrected chi connectivity index (χ4v) is 2.72. The topological polar surface area (TPSA) is 63.2 Å². The SMILES string of the molecule is O=C(NCC1CCCO1)c1cncc2c1CCNC2. The van der Waals surface area contributed by atoms with Gasteiger partial charge in [-0.05, 0) is 36.9 Å². The third-order valence-electron chi connectivity index (χ3n) is 3.77. The summed E-state index contributed by atoms with van der Waals surface area (Å²) in [6.07, 6.45) is 6.72. The number of pyridine rings is 1. The molecule has 2 aliphatic rings. The summed E-state index contributed by atoms with van der Waals surface area (Å²) in [5.74, 6) is -0.0262. The molecule has 0 bridgehead atoms. The van der Waals surface area contributed by atoms with Gasteiger partial charge >= 0.3 is 0 Å². The molecule has 1 amide bonds. The van der Waals surface area contributed by atoms with Crippen molar-refractivity contribution >= 4 is 5.91 Å². The Morgan fingerprint density at radius 3 is 3.32 bits per heavy atom. The van der Waals surface area contributed by atoms with Crippen molar-refractivity contribution in [2.24, 2.45) is 0 Å². The number of fused-ring (bicyclic) bond motifs is 1. The first-order chi connectivity index (χ1) is 9.34. The minimum absolute atomic E-state index is 0.0262. The van der Waals surface area contributed by atoms with Gasteiger partial charge in [0.1, 0.15) is 0 Å². The van der Waals surface area contributed by atoms with Crippen LogP contribution in [0.1, 0.15) is 34.3 Å². The number of hydrogen-bond donors (Lipinski definition) is 2. The molecule has 19 heavy (non-hydrogen) atoms. The van der Waals surface area contributed by atoms with Gasteiger partial charge in [-0.1, -0.05) is 0 Å². The highest BCUT2D eigenvalue weighted by molar-refractivity contribution is 5.95. The van der Waals surface area contributed by atoms with Crippen LogP contribution >= 0.6 is 0 Å². The maximum absolute atomic E-state index is 12.2. The van der Waals surface area contributed by atoms with E-state index >= 15 is 0 Å². The molecule has 3 heterocycles. The average Bonchev–Trinajstić information content (AvgIpc) is 2.97. The Bertz CT molecular complexity index is 470. The molecule has 0 aromatic carbocycles. The zero-order chi connectivity index (χ0) is 13.1. The van der Waals surface area contributed by atoms with Gasteiger partial charge < -0.3 is 15.4 Å². The molecule has 5 nitrogen and oxygen atoms in total. The van der Waals surface area contributed by atoms with Crippen LogP contribution < -0.4 is 10.6 Å². The lowest BCUT2D eigenvalue weighted by Gasteiger charge is -2.19. The Balaban J connectivity index is 1.68. The summed E-state index contributed by atoms with van der Waals surface area (Å²) in [7, 11) is 0. The van der Waals surface area contributed by atoms with Crippen molar-refractivity contribution in [3.8, 4) is 0 Å². The van der Waals surface area contributed by atoms with E-state index in [4.69, 9.17) is 4.74 Å². The first-order valence-electron chi connectivity index (χ1n) is 6.91. The van der Waals surface area contributed by atoms with Crippen molar-refractivity contribution in [1.82, 2.24) is 15.6 Å². The Morgan fingerprint density at radius 2 is 2.47 bits per heavy atom. The molecule has 0 spiro atoms. The third-order valence-corrected chi connectivity index (χ3v) is 3.77. The van der Waals surface area contributed by atoms with Crippen molar-refractivity contribution < 1.29 is 9.53 Å². The number of amides is 1. The molecule has 1 atom stereocenters. The molecule has 0 saturated carbocycles. The van der Waals surface area contributed by atoms with Crippen LogP contribution in [0.25, 0.3) is 0 Å². The summed E-state index contributed by atoms with van der Waals surface area (Å²) in [4.78, 5) is 16.4. The molecule has 2 aliphatic heterocycles. The number of carbonyl (C=O) groups excluding carboxylic acids is 1. The Kier molecular flexibility index (Phi) is 3.75. The quantitative estimate of drug-likeness (QED) is 0.838. The van der Waals surface area contributed by atoms with Gasteiger partial charge in [0.2, 0.25) is 0 Å². The van der Waals surface area contributed by atoms with Crippen molar-refractivity contribution in [2.45, 2.75) is 31.9 Å². The Hall–Kier alpha value is -1.46. The normalized spacial score (nSPS) is 22.0. The third kappa shape index (κ3) is 2.77. The van der Waals surface area contributed by atoms with Crippen molar-refractivity contribution in [3.63, 3.8) is 0 Å². The van der Waals surface area contributed by atoms with Crippen LogP contribution in [-0.2, 0) is 17.7 Å². The predicted molar refractivity (Wildman–Crippen MR) is 71.0 cm³/mol. The number of rotatable bonds is 3. The molecular weight excluding hydrogens is 242 g/mol. The van der Waals surface area contributed by atoms with Crippen LogP contribution in [-0.4, -0.2) is 36.7 Å². The van der Waals surface area contributed by atoms with Crippen LogP contribution in [0.4, 0.5) is 0 Å². The van der Waals surface area contributed by atoms with E-state index < -0.39 is 0 Å². The van der Waals surface area contributed by atoms with E-state index in [2.05, 4.69) is 15.6 Å². The number of nitrogens with one attached hydrogen (secondary N) is 2. The monoisotopic (exact) mass is 261 g/mol. The second-order valence-corrected chi connectivity index (χ2v) is 5.10. The Morgan fingerprint density at radius 1 is 1.53 bits per heavy atom. The summed E-state index contributed by atoms with van der Waals surface area (Å²) >= 11 is 0. The number of ether oxygens (including phenoxy) is 1. The fourth-order valence-electron chi connectivity index (χ4n) is 2.72. The highest BCUT2D eigenvalue weighted by atomic mass is 16.5. The fraction of sp³-hybridized carbons (Fsp3) is 0.571. The molecule has 1 unspecified atom stereocenters. The van der Waals surface area contributed by atoms with Gasteiger partial charge in [-0.3, -0.25) is 9.78 Å². The highest BCUT2D eigenvalue weighted by Gasteiger charge is 2.20. The molecule has 3 rings (SSSR count). The van der Waals surface area contributed by atoms with Crippen molar-refractivity contribution in [3.05, 3.63) is 29.1 Å². The predicted octanol–water partition coefficient (Wildman–Crippen LogP) is 0.636. The van der Waals surface area contributed by atoms with Gasteiger partial charge in [0, 0.05) is 32.1 Å². The largest absolute Gasteiger partial charge is 0.376 e.